The van der Waals surface area contributed by atoms with Crippen molar-refractivity contribution in [3.63, 3.8) is 0 Å². The van der Waals surface area contributed by atoms with Crippen LogP contribution >= 0.6 is 0 Å². The van der Waals surface area contributed by atoms with Crippen LogP contribution in [0.15, 0.2) is 35.2 Å². The van der Waals surface area contributed by atoms with Crippen LogP contribution in [0.2, 0.25) is 0 Å². The van der Waals surface area contributed by atoms with Crippen LogP contribution in [-0.2, 0) is 19.6 Å². The van der Waals surface area contributed by atoms with E-state index in [2.05, 4.69) is 0 Å². The highest BCUT2D eigenvalue weighted by Gasteiger charge is 2.35. The molecule has 0 amide bonds. The number of carbonyl (C=O) groups excluding carboxylic acids is 1. The van der Waals surface area contributed by atoms with Gasteiger partial charge in [-0.25, -0.2) is 8.42 Å². The first-order valence-corrected chi connectivity index (χ1v) is 7.96. The number of hydrogen-bond acceptors (Lipinski definition) is 4. The first-order chi connectivity index (χ1) is 9.32. The minimum absolute atomic E-state index is 0.164. The molecule has 0 fully saturated rings. The molecule has 0 heterocycles. The van der Waals surface area contributed by atoms with Gasteiger partial charge in [0.05, 0.1) is 11.5 Å². The fourth-order valence-electron chi connectivity index (χ4n) is 1.98. The monoisotopic (exact) mass is 299 g/mol. The smallest absolute Gasteiger partial charge is 0.324 e. The molecule has 0 radical (unpaired) electrons. The molecule has 0 aliphatic heterocycles. The van der Waals surface area contributed by atoms with Crippen molar-refractivity contribution in [1.29, 1.82) is 0 Å². The second-order valence-corrected chi connectivity index (χ2v) is 6.77. The summed E-state index contributed by atoms with van der Waals surface area (Å²) in [6.07, 6.45) is 0. The van der Waals surface area contributed by atoms with E-state index >= 15 is 0 Å². The molecule has 1 rings (SSSR count). The molecular formula is C14H21NO4S. The summed E-state index contributed by atoms with van der Waals surface area (Å²) in [5.41, 5.74) is 0. The third-order valence-corrected chi connectivity index (χ3v) is 4.82. The van der Waals surface area contributed by atoms with E-state index < -0.39 is 22.0 Å². The zero-order valence-electron chi connectivity index (χ0n) is 12.2. The molecule has 6 heteroatoms. The topological polar surface area (TPSA) is 63.7 Å². The Labute approximate surface area is 120 Å². The van der Waals surface area contributed by atoms with Gasteiger partial charge in [0.1, 0.15) is 6.04 Å². The molecule has 0 aromatic heterocycles. The van der Waals surface area contributed by atoms with Gasteiger partial charge in [-0.05, 0) is 25.0 Å². The molecule has 1 aromatic rings. The van der Waals surface area contributed by atoms with Crippen LogP contribution in [0.5, 0.6) is 0 Å². The Balaban J connectivity index is 3.12. The predicted octanol–water partition coefficient (Wildman–Crippen LogP) is 1.89. The van der Waals surface area contributed by atoms with Crippen LogP contribution in [0.25, 0.3) is 0 Å². The Bertz CT molecular complexity index is 540. The first-order valence-electron chi connectivity index (χ1n) is 6.52. The average Bonchev–Trinajstić information content (AvgIpc) is 2.39. The number of rotatable bonds is 6. The Hall–Kier alpha value is -1.40. The van der Waals surface area contributed by atoms with E-state index in [-0.39, 0.29) is 17.4 Å². The number of likely N-dealkylation sites (N-methyl/N-ethyl adjacent to an activating group) is 1. The summed E-state index contributed by atoms with van der Waals surface area (Å²) in [7, 11) is -2.31. The lowest BCUT2D eigenvalue weighted by Crippen LogP contribution is -2.46. The number of esters is 1. The highest BCUT2D eigenvalue weighted by molar-refractivity contribution is 7.89. The molecule has 0 unspecified atom stereocenters. The summed E-state index contributed by atoms with van der Waals surface area (Å²) < 4.78 is 31.1. The van der Waals surface area contributed by atoms with Crippen LogP contribution in [-0.4, -0.2) is 38.4 Å². The maximum atomic E-state index is 12.5. The van der Waals surface area contributed by atoms with Crippen LogP contribution < -0.4 is 0 Å². The van der Waals surface area contributed by atoms with Gasteiger partial charge in [-0.2, -0.15) is 4.31 Å². The zero-order chi connectivity index (χ0) is 15.3. The SMILES string of the molecule is CCOC(=O)[C@H](C(C)C)N(C)S(=O)(=O)c1ccccc1. The minimum Gasteiger partial charge on any atom is -0.465 e. The fraction of sp³-hybridized carbons (Fsp3) is 0.500. The van der Waals surface area contributed by atoms with Gasteiger partial charge in [-0.3, -0.25) is 4.79 Å². The number of ether oxygens (including phenoxy) is 1. The molecular weight excluding hydrogens is 278 g/mol. The number of nitrogens with zero attached hydrogens (tertiary/aromatic N) is 1. The van der Waals surface area contributed by atoms with Gasteiger partial charge in [0.15, 0.2) is 0 Å². The van der Waals surface area contributed by atoms with E-state index in [1.54, 1.807) is 39.0 Å². The summed E-state index contributed by atoms with van der Waals surface area (Å²) in [6, 6.07) is 7.22. The number of benzene rings is 1. The van der Waals surface area contributed by atoms with E-state index in [1.807, 2.05) is 0 Å². The summed E-state index contributed by atoms with van der Waals surface area (Å²) in [5, 5.41) is 0. The minimum atomic E-state index is -3.71. The third-order valence-electron chi connectivity index (χ3n) is 2.97. The Morgan fingerprint density at radius 1 is 1.25 bits per heavy atom. The maximum absolute atomic E-state index is 12.5. The van der Waals surface area contributed by atoms with Crippen molar-refractivity contribution in [2.45, 2.75) is 31.7 Å². The largest absolute Gasteiger partial charge is 0.465 e. The molecule has 0 bridgehead atoms. The molecule has 20 heavy (non-hydrogen) atoms. The molecule has 0 spiro atoms. The maximum Gasteiger partial charge on any atom is 0.324 e. The lowest BCUT2D eigenvalue weighted by molar-refractivity contribution is -0.148. The average molecular weight is 299 g/mol. The van der Waals surface area contributed by atoms with Gasteiger partial charge in [0, 0.05) is 7.05 Å². The lowest BCUT2D eigenvalue weighted by Gasteiger charge is -2.28. The van der Waals surface area contributed by atoms with E-state index in [0.29, 0.717) is 0 Å². The van der Waals surface area contributed by atoms with Crippen LogP contribution in [0, 0.1) is 5.92 Å². The van der Waals surface area contributed by atoms with Gasteiger partial charge in [0.2, 0.25) is 10.0 Å². The molecule has 0 N–H and O–H groups in total. The molecule has 0 aliphatic rings. The summed E-state index contributed by atoms with van der Waals surface area (Å²) in [6.45, 7) is 5.50. The van der Waals surface area contributed by atoms with Crippen molar-refractivity contribution in [2.24, 2.45) is 5.92 Å². The summed E-state index contributed by atoms with van der Waals surface area (Å²) in [4.78, 5) is 12.1. The molecule has 1 aromatic carbocycles. The van der Waals surface area contributed by atoms with Gasteiger partial charge in [0.25, 0.3) is 0 Å². The Kier molecular flexibility index (Phi) is 5.71. The van der Waals surface area contributed by atoms with Gasteiger partial charge in [-0.1, -0.05) is 32.0 Å². The second kappa shape index (κ2) is 6.85. The lowest BCUT2D eigenvalue weighted by atomic mass is 10.1. The first kappa shape index (κ1) is 16.7. The normalized spacial score (nSPS) is 13.5. The van der Waals surface area contributed by atoms with Crippen molar-refractivity contribution in [3.8, 4) is 0 Å². The van der Waals surface area contributed by atoms with Crippen LogP contribution in [0.4, 0.5) is 0 Å². The Morgan fingerprint density at radius 3 is 2.25 bits per heavy atom. The van der Waals surface area contributed by atoms with E-state index in [0.717, 1.165) is 4.31 Å². The fourth-order valence-corrected chi connectivity index (χ4v) is 3.44. The van der Waals surface area contributed by atoms with Crippen molar-refractivity contribution < 1.29 is 17.9 Å². The predicted molar refractivity (Wildman–Crippen MR) is 76.6 cm³/mol. The second-order valence-electron chi connectivity index (χ2n) is 4.78. The van der Waals surface area contributed by atoms with Crippen molar-refractivity contribution in [1.82, 2.24) is 4.31 Å². The van der Waals surface area contributed by atoms with Crippen LogP contribution in [0.3, 0.4) is 0 Å². The number of hydrogen-bond donors (Lipinski definition) is 0. The summed E-state index contributed by atoms with van der Waals surface area (Å²) in [5.74, 6) is -0.706. The standard InChI is InChI=1S/C14H21NO4S/c1-5-19-14(16)13(11(2)3)15(4)20(17,18)12-9-7-6-8-10-12/h6-11,13H,5H2,1-4H3/t13-/m0/s1. The van der Waals surface area contributed by atoms with Gasteiger partial charge in [-0.15, -0.1) is 0 Å². The highest BCUT2D eigenvalue weighted by atomic mass is 32.2. The molecule has 0 saturated heterocycles. The molecule has 5 nitrogen and oxygen atoms in total. The number of sulfonamides is 1. The molecule has 112 valence electrons. The third kappa shape index (κ3) is 3.58. The van der Waals surface area contributed by atoms with Crippen molar-refractivity contribution >= 4 is 16.0 Å². The highest BCUT2D eigenvalue weighted by Crippen LogP contribution is 2.20. The van der Waals surface area contributed by atoms with Crippen molar-refractivity contribution in [2.75, 3.05) is 13.7 Å². The van der Waals surface area contributed by atoms with E-state index in [9.17, 15) is 13.2 Å². The van der Waals surface area contributed by atoms with Gasteiger partial charge >= 0.3 is 5.97 Å². The number of carbonyl (C=O) groups is 1. The Morgan fingerprint density at radius 2 is 1.80 bits per heavy atom. The molecule has 0 aliphatic carbocycles. The quantitative estimate of drug-likeness (QED) is 0.753. The molecule has 0 saturated carbocycles. The zero-order valence-corrected chi connectivity index (χ0v) is 13.1. The van der Waals surface area contributed by atoms with E-state index in [4.69, 9.17) is 4.74 Å². The van der Waals surface area contributed by atoms with Crippen LogP contribution in [0.1, 0.15) is 20.8 Å². The van der Waals surface area contributed by atoms with Crippen molar-refractivity contribution in [3.05, 3.63) is 30.3 Å². The molecule has 1 atom stereocenters. The van der Waals surface area contributed by atoms with Gasteiger partial charge < -0.3 is 4.74 Å². The van der Waals surface area contributed by atoms with E-state index in [1.165, 1.54) is 19.2 Å². The summed E-state index contributed by atoms with van der Waals surface area (Å²) >= 11 is 0.